The third-order valence-electron chi connectivity index (χ3n) is 3.23. The molecular weight excluding hydrogens is 263 g/mol. The molecule has 7 heteroatoms. The van der Waals surface area contributed by atoms with Gasteiger partial charge in [0, 0.05) is 32.2 Å². The maximum absolute atomic E-state index is 12.7. The molecule has 0 unspecified atom stereocenters. The largest absolute Gasteiger partial charge is 0.478 e. The zero-order valence-electron chi connectivity index (χ0n) is 10.1. The molecule has 0 amide bonds. The van der Waals surface area contributed by atoms with Crippen molar-refractivity contribution in [3.63, 3.8) is 0 Å². The van der Waals surface area contributed by atoms with Crippen LogP contribution in [0.25, 0.3) is 0 Å². The molecule has 1 fully saturated rings. The molecule has 0 bridgehead atoms. The maximum atomic E-state index is 12.7. The molecule has 1 aliphatic rings. The fourth-order valence-electron chi connectivity index (χ4n) is 2.24. The molecule has 0 aliphatic carbocycles. The summed E-state index contributed by atoms with van der Waals surface area (Å²) in [6, 6.07) is 0. The van der Waals surface area contributed by atoms with E-state index in [2.05, 4.69) is 0 Å². The van der Waals surface area contributed by atoms with E-state index < -0.39 is 23.3 Å². The number of aromatic carboxylic acids is 1. The second-order valence-electron chi connectivity index (χ2n) is 4.64. The second-order valence-corrected chi connectivity index (χ2v) is 4.64. The van der Waals surface area contributed by atoms with Crippen LogP contribution < -0.4 is 0 Å². The van der Waals surface area contributed by atoms with Gasteiger partial charge in [0.2, 0.25) is 0 Å². The van der Waals surface area contributed by atoms with Crippen LogP contribution in [0, 0.1) is 5.92 Å². The molecule has 4 nitrogen and oxygen atoms in total. The van der Waals surface area contributed by atoms with Crippen molar-refractivity contribution in [3.8, 4) is 0 Å². The van der Waals surface area contributed by atoms with E-state index in [0.29, 0.717) is 19.8 Å². The highest BCUT2D eigenvalue weighted by molar-refractivity contribution is 5.89. The molecule has 1 N–H and O–H groups in total. The van der Waals surface area contributed by atoms with E-state index >= 15 is 0 Å². The van der Waals surface area contributed by atoms with Crippen LogP contribution in [-0.2, 0) is 17.5 Å². The molecule has 1 aromatic heterocycles. The summed E-state index contributed by atoms with van der Waals surface area (Å²) in [7, 11) is 0. The molecule has 0 spiro atoms. The van der Waals surface area contributed by atoms with E-state index in [1.54, 1.807) is 0 Å². The topological polar surface area (TPSA) is 51.5 Å². The summed E-state index contributed by atoms with van der Waals surface area (Å²) < 4.78 is 44.6. The molecule has 1 aliphatic heterocycles. The highest BCUT2D eigenvalue weighted by Gasteiger charge is 2.37. The summed E-state index contributed by atoms with van der Waals surface area (Å²) in [6.07, 6.45) is -1.15. The average Bonchev–Trinajstić information content (AvgIpc) is 2.74. The minimum Gasteiger partial charge on any atom is -0.478 e. The first-order chi connectivity index (χ1) is 8.88. The number of aromatic nitrogens is 1. The van der Waals surface area contributed by atoms with Gasteiger partial charge in [-0.3, -0.25) is 0 Å². The average molecular weight is 277 g/mol. The van der Waals surface area contributed by atoms with Gasteiger partial charge in [0.25, 0.3) is 0 Å². The zero-order chi connectivity index (χ0) is 14.0. The van der Waals surface area contributed by atoms with Crippen molar-refractivity contribution in [2.45, 2.75) is 25.6 Å². The lowest BCUT2D eigenvalue weighted by atomic mass is 10.0. The Morgan fingerprint density at radius 2 is 2.00 bits per heavy atom. The third-order valence-corrected chi connectivity index (χ3v) is 3.23. The molecule has 19 heavy (non-hydrogen) atoms. The minimum absolute atomic E-state index is 0.226. The van der Waals surface area contributed by atoms with Crippen LogP contribution in [0.3, 0.4) is 0 Å². The van der Waals surface area contributed by atoms with Crippen LogP contribution >= 0.6 is 0 Å². The number of hydrogen-bond acceptors (Lipinski definition) is 2. The summed E-state index contributed by atoms with van der Waals surface area (Å²) in [5.41, 5.74) is -1.79. The fourth-order valence-corrected chi connectivity index (χ4v) is 2.24. The number of carbonyl (C=O) groups is 1. The van der Waals surface area contributed by atoms with E-state index in [0.717, 1.165) is 25.2 Å². The lowest BCUT2D eigenvalue weighted by Gasteiger charge is -2.22. The zero-order valence-corrected chi connectivity index (χ0v) is 10.1. The first-order valence-electron chi connectivity index (χ1n) is 5.96. The van der Waals surface area contributed by atoms with Gasteiger partial charge in [-0.2, -0.15) is 13.2 Å². The van der Waals surface area contributed by atoms with Gasteiger partial charge in [-0.05, 0) is 18.8 Å². The van der Waals surface area contributed by atoms with Crippen molar-refractivity contribution >= 4 is 5.97 Å². The number of nitrogens with zero attached hydrogens (tertiary/aromatic N) is 1. The molecule has 2 heterocycles. The smallest absolute Gasteiger partial charge is 0.418 e. The van der Waals surface area contributed by atoms with Crippen molar-refractivity contribution < 1.29 is 27.8 Å². The van der Waals surface area contributed by atoms with Gasteiger partial charge < -0.3 is 14.4 Å². The van der Waals surface area contributed by atoms with Gasteiger partial charge >= 0.3 is 12.1 Å². The molecule has 1 aromatic rings. The standard InChI is InChI=1S/C12H14F3NO3/c13-12(14,15)10-7-16(6-9(10)11(17)18)5-8-1-3-19-4-2-8/h6-8H,1-5H2,(H,17,18). The number of rotatable bonds is 3. The Kier molecular flexibility index (Phi) is 3.84. The molecule has 0 saturated carbocycles. The molecule has 2 rings (SSSR count). The van der Waals surface area contributed by atoms with Gasteiger partial charge in [0.1, 0.15) is 0 Å². The number of halogens is 3. The molecule has 1 saturated heterocycles. The van der Waals surface area contributed by atoms with Gasteiger partial charge in [-0.25, -0.2) is 4.79 Å². The Morgan fingerprint density at radius 1 is 1.37 bits per heavy atom. The molecule has 0 radical (unpaired) electrons. The number of alkyl halides is 3. The first kappa shape index (κ1) is 13.9. The lowest BCUT2D eigenvalue weighted by molar-refractivity contribution is -0.138. The predicted octanol–water partition coefficient (Wildman–Crippen LogP) is 2.63. The SMILES string of the molecule is O=C(O)c1cn(CC2CCOCC2)cc1C(F)(F)F. The number of carboxylic acids is 1. The summed E-state index contributed by atoms with van der Waals surface area (Å²) in [4.78, 5) is 10.8. The highest BCUT2D eigenvalue weighted by Crippen LogP contribution is 2.33. The Morgan fingerprint density at radius 3 is 2.47 bits per heavy atom. The van der Waals surface area contributed by atoms with Crippen molar-refractivity contribution in [1.29, 1.82) is 0 Å². The summed E-state index contributed by atoms with van der Waals surface area (Å²) in [5.74, 6) is -1.33. The Bertz CT molecular complexity index is 461. The van der Waals surface area contributed by atoms with Gasteiger partial charge in [-0.15, -0.1) is 0 Å². The van der Waals surface area contributed by atoms with Crippen LogP contribution in [0.15, 0.2) is 12.4 Å². The maximum Gasteiger partial charge on any atom is 0.418 e. The second kappa shape index (κ2) is 5.24. The third kappa shape index (κ3) is 3.28. The number of hydrogen-bond donors (Lipinski definition) is 1. The van der Waals surface area contributed by atoms with E-state index in [1.165, 1.54) is 4.57 Å². The summed E-state index contributed by atoms with van der Waals surface area (Å²) >= 11 is 0. The van der Waals surface area contributed by atoms with Gasteiger partial charge in [0.15, 0.2) is 0 Å². The van der Waals surface area contributed by atoms with E-state index in [4.69, 9.17) is 9.84 Å². The highest BCUT2D eigenvalue weighted by atomic mass is 19.4. The van der Waals surface area contributed by atoms with Crippen molar-refractivity contribution in [2.24, 2.45) is 5.92 Å². The fraction of sp³-hybridized carbons (Fsp3) is 0.583. The van der Waals surface area contributed by atoms with Gasteiger partial charge in [0.05, 0.1) is 11.1 Å². The number of ether oxygens (including phenoxy) is 1. The van der Waals surface area contributed by atoms with Crippen molar-refractivity contribution in [3.05, 3.63) is 23.5 Å². The van der Waals surface area contributed by atoms with Crippen LogP contribution in [-0.4, -0.2) is 28.9 Å². The molecule has 0 aromatic carbocycles. The number of carboxylic acid groups (broad SMARTS) is 1. The monoisotopic (exact) mass is 277 g/mol. The normalized spacial score (nSPS) is 17.6. The van der Waals surface area contributed by atoms with Crippen molar-refractivity contribution in [1.82, 2.24) is 4.57 Å². The van der Waals surface area contributed by atoms with Crippen molar-refractivity contribution in [2.75, 3.05) is 13.2 Å². The Hall–Kier alpha value is -1.50. The molecule has 106 valence electrons. The Balaban J connectivity index is 2.20. The quantitative estimate of drug-likeness (QED) is 0.924. The van der Waals surface area contributed by atoms with E-state index in [9.17, 15) is 18.0 Å². The minimum atomic E-state index is -4.64. The summed E-state index contributed by atoms with van der Waals surface area (Å²) in [6.45, 7) is 1.59. The van der Waals surface area contributed by atoms with Crippen LogP contribution in [0.5, 0.6) is 0 Å². The van der Waals surface area contributed by atoms with Gasteiger partial charge in [-0.1, -0.05) is 0 Å². The molecular formula is C12H14F3NO3. The first-order valence-corrected chi connectivity index (χ1v) is 5.96. The predicted molar refractivity (Wildman–Crippen MR) is 59.9 cm³/mol. The molecule has 0 atom stereocenters. The van der Waals surface area contributed by atoms with E-state index in [-0.39, 0.29) is 5.92 Å². The lowest BCUT2D eigenvalue weighted by Crippen LogP contribution is -2.19. The van der Waals surface area contributed by atoms with Crippen LogP contribution in [0.4, 0.5) is 13.2 Å². The Labute approximate surface area is 107 Å². The summed E-state index contributed by atoms with van der Waals surface area (Å²) in [5, 5.41) is 8.81. The van der Waals surface area contributed by atoms with Crippen LogP contribution in [0.1, 0.15) is 28.8 Å². The van der Waals surface area contributed by atoms with E-state index in [1.807, 2.05) is 0 Å². The van der Waals surface area contributed by atoms with Crippen LogP contribution in [0.2, 0.25) is 0 Å².